The lowest BCUT2D eigenvalue weighted by Gasteiger charge is -2.40. The van der Waals surface area contributed by atoms with Crippen LogP contribution in [-0.4, -0.2) is 84.8 Å². The lowest BCUT2D eigenvalue weighted by Crippen LogP contribution is -2.52. The first-order valence-corrected chi connectivity index (χ1v) is 9.86. The molecule has 0 saturated carbocycles. The van der Waals surface area contributed by atoms with E-state index in [1.54, 1.807) is 4.90 Å². The van der Waals surface area contributed by atoms with Gasteiger partial charge in [-0.1, -0.05) is 0 Å². The number of nitrogens with zero attached hydrogens (tertiary/aromatic N) is 2. The van der Waals surface area contributed by atoms with Gasteiger partial charge in [0.1, 0.15) is 0 Å². The Kier molecular flexibility index (Phi) is 6.37. The monoisotopic (exact) mass is 382 g/mol. The summed E-state index contributed by atoms with van der Waals surface area (Å²) in [6.45, 7) is 4.77. The molecule has 1 N–H and O–H groups in total. The first-order valence-electron chi connectivity index (χ1n) is 9.86. The minimum Gasteiger partial charge on any atom is -0.465 e. The zero-order chi connectivity index (χ0) is 19.4. The third-order valence-corrected chi connectivity index (χ3v) is 5.99. The molecule has 0 spiro atoms. The highest BCUT2D eigenvalue weighted by molar-refractivity contribution is 5.83. The Labute approximate surface area is 159 Å². The van der Waals surface area contributed by atoms with Crippen LogP contribution < -0.4 is 0 Å². The fraction of sp³-hybridized carbons (Fsp3) is 0.842. The Morgan fingerprint density at radius 2 is 2.07 bits per heavy atom. The Balaban J connectivity index is 1.54. The normalized spacial score (nSPS) is 29.0. The van der Waals surface area contributed by atoms with Crippen molar-refractivity contribution in [3.8, 4) is 0 Å². The van der Waals surface area contributed by atoms with Gasteiger partial charge in [-0.3, -0.25) is 14.4 Å². The second-order valence-corrected chi connectivity index (χ2v) is 8.15. The van der Waals surface area contributed by atoms with Crippen LogP contribution >= 0.6 is 0 Å². The largest absolute Gasteiger partial charge is 0.465 e. The number of aliphatic hydroxyl groups excluding tert-OH is 1. The van der Waals surface area contributed by atoms with Crippen molar-refractivity contribution in [2.45, 2.75) is 45.1 Å². The molecule has 3 aliphatic rings. The Hall–Kier alpha value is -1.67. The van der Waals surface area contributed by atoms with E-state index >= 15 is 0 Å². The molecule has 3 rings (SSSR count). The molecule has 0 aromatic rings. The molecule has 3 aliphatic heterocycles. The number of ether oxygens (including phenoxy) is 2. The molecule has 152 valence electrons. The fourth-order valence-electron chi connectivity index (χ4n) is 4.28. The molecule has 2 unspecified atom stereocenters. The molecular formula is C19H30N2O6. The quantitative estimate of drug-likeness (QED) is 0.658. The van der Waals surface area contributed by atoms with E-state index in [4.69, 9.17) is 9.47 Å². The van der Waals surface area contributed by atoms with Crippen molar-refractivity contribution >= 4 is 17.8 Å². The van der Waals surface area contributed by atoms with Gasteiger partial charge in [0.25, 0.3) is 0 Å². The van der Waals surface area contributed by atoms with Crippen molar-refractivity contribution in [1.82, 2.24) is 9.80 Å². The smallest absolute Gasteiger partial charge is 0.306 e. The zero-order valence-electron chi connectivity index (χ0n) is 16.0. The van der Waals surface area contributed by atoms with Crippen molar-refractivity contribution in [3.63, 3.8) is 0 Å². The van der Waals surface area contributed by atoms with Crippen LogP contribution in [0.15, 0.2) is 0 Å². The van der Waals surface area contributed by atoms with Crippen molar-refractivity contribution in [3.05, 3.63) is 0 Å². The average molecular weight is 382 g/mol. The predicted molar refractivity (Wildman–Crippen MR) is 95.6 cm³/mol. The Morgan fingerprint density at radius 3 is 2.63 bits per heavy atom. The predicted octanol–water partition coefficient (Wildman–Crippen LogP) is 0.178. The minimum absolute atomic E-state index is 0.0133. The maximum absolute atomic E-state index is 12.8. The van der Waals surface area contributed by atoms with Gasteiger partial charge in [0.15, 0.2) is 0 Å². The van der Waals surface area contributed by atoms with E-state index in [0.717, 1.165) is 6.42 Å². The molecule has 0 bridgehead atoms. The number of likely N-dealkylation sites (tertiary alicyclic amines) is 1. The van der Waals surface area contributed by atoms with Crippen molar-refractivity contribution in [1.29, 1.82) is 0 Å². The molecule has 3 fully saturated rings. The topological polar surface area (TPSA) is 96.4 Å². The second-order valence-electron chi connectivity index (χ2n) is 8.15. The number of esters is 1. The maximum Gasteiger partial charge on any atom is 0.306 e. The molecule has 2 atom stereocenters. The van der Waals surface area contributed by atoms with Gasteiger partial charge < -0.3 is 24.4 Å². The first kappa shape index (κ1) is 20.1. The molecule has 0 aromatic heterocycles. The molecule has 2 amide bonds. The Morgan fingerprint density at radius 1 is 1.33 bits per heavy atom. The molecule has 3 saturated heterocycles. The number of cyclic esters (lactones) is 1. The third kappa shape index (κ3) is 4.60. The number of aliphatic hydroxyl groups is 1. The van der Waals surface area contributed by atoms with Gasteiger partial charge in [0.05, 0.1) is 31.7 Å². The minimum atomic E-state index is -0.428. The van der Waals surface area contributed by atoms with Crippen LogP contribution in [0, 0.1) is 11.3 Å². The maximum atomic E-state index is 12.8. The van der Waals surface area contributed by atoms with Crippen LogP contribution in [0.3, 0.4) is 0 Å². The number of carbonyl (C=O) groups excluding carboxylic acids is 3. The average Bonchev–Trinajstić information content (AvgIpc) is 3.28. The summed E-state index contributed by atoms with van der Waals surface area (Å²) in [6, 6.07) is 0.0133. The van der Waals surface area contributed by atoms with Crippen LogP contribution in [0.5, 0.6) is 0 Å². The Bertz CT molecular complexity index is 567. The highest BCUT2D eigenvalue weighted by Gasteiger charge is 2.41. The van der Waals surface area contributed by atoms with Crippen LogP contribution in [0.2, 0.25) is 0 Å². The molecule has 27 heavy (non-hydrogen) atoms. The van der Waals surface area contributed by atoms with Gasteiger partial charge >= 0.3 is 5.97 Å². The van der Waals surface area contributed by atoms with E-state index in [1.807, 2.05) is 11.8 Å². The molecule has 8 nitrogen and oxygen atoms in total. The molecule has 3 heterocycles. The summed E-state index contributed by atoms with van der Waals surface area (Å²) < 4.78 is 10.3. The number of rotatable bonds is 6. The van der Waals surface area contributed by atoms with Crippen LogP contribution in [-0.2, 0) is 23.9 Å². The highest BCUT2D eigenvalue weighted by atomic mass is 16.5. The number of carbonyl (C=O) groups is 3. The van der Waals surface area contributed by atoms with E-state index in [1.165, 1.54) is 0 Å². The van der Waals surface area contributed by atoms with Crippen molar-refractivity contribution in [2.24, 2.45) is 11.3 Å². The molecule has 0 aliphatic carbocycles. The number of hydrogen-bond acceptors (Lipinski definition) is 6. The second kappa shape index (κ2) is 8.56. The summed E-state index contributed by atoms with van der Waals surface area (Å²) in [6.07, 6.45) is 2.71. The number of amides is 2. The van der Waals surface area contributed by atoms with Gasteiger partial charge in [-0.15, -0.1) is 0 Å². The van der Waals surface area contributed by atoms with Gasteiger partial charge in [0.2, 0.25) is 11.8 Å². The zero-order valence-corrected chi connectivity index (χ0v) is 16.0. The van der Waals surface area contributed by atoms with Gasteiger partial charge in [-0.25, -0.2) is 0 Å². The van der Waals surface area contributed by atoms with E-state index in [0.29, 0.717) is 45.8 Å². The molecule has 0 aromatic carbocycles. The lowest BCUT2D eigenvalue weighted by atomic mass is 9.87. The van der Waals surface area contributed by atoms with Gasteiger partial charge in [0, 0.05) is 44.6 Å². The first-order chi connectivity index (χ1) is 12.9. The number of piperidine rings is 1. The van der Waals surface area contributed by atoms with E-state index < -0.39 is 5.41 Å². The van der Waals surface area contributed by atoms with Crippen LogP contribution in [0.4, 0.5) is 0 Å². The molecular weight excluding hydrogens is 352 g/mol. The SMILES string of the molecule is CC1(C(=O)N2CCC(N(CCO)C(=O)CC3COC(=O)C3)CC2)CCOC1. The van der Waals surface area contributed by atoms with E-state index in [9.17, 15) is 19.5 Å². The van der Waals surface area contributed by atoms with Crippen molar-refractivity contribution < 1.29 is 29.0 Å². The summed E-state index contributed by atoms with van der Waals surface area (Å²) >= 11 is 0. The van der Waals surface area contributed by atoms with E-state index in [2.05, 4.69) is 0 Å². The summed E-state index contributed by atoms with van der Waals surface area (Å²) in [7, 11) is 0. The standard InChI is InChI=1S/C19H30N2O6/c1-19(4-9-26-13-19)18(25)20-5-2-15(3-6-20)21(7-8-22)16(23)10-14-11-17(24)27-12-14/h14-15,22H,2-13H2,1H3. The van der Waals surface area contributed by atoms with Gasteiger partial charge in [-0.2, -0.15) is 0 Å². The van der Waals surface area contributed by atoms with Crippen LogP contribution in [0.1, 0.15) is 39.0 Å². The molecule has 0 radical (unpaired) electrons. The van der Waals surface area contributed by atoms with Crippen LogP contribution in [0.25, 0.3) is 0 Å². The highest BCUT2D eigenvalue weighted by Crippen LogP contribution is 2.32. The summed E-state index contributed by atoms with van der Waals surface area (Å²) in [5.74, 6) is -0.235. The summed E-state index contributed by atoms with van der Waals surface area (Å²) in [5.41, 5.74) is -0.428. The summed E-state index contributed by atoms with van der Waals surface area (Å²) in [5, 5.41) is 9.39. The summed E-state index contributed by atoms with van der Waals surface area (Å²) in [4.78, 5) is 40.4. The van der Waals surface area contributed by atoms with E-state index in [-0.39, 0.29) is 55.7 Å². The van der Waals surface area contributed by atoms with Crippen molar-refractivity contribution in [2.75, 3.05) is 46.1 Å². The fourth-order valence-corrected chi connectivity index (χ4v) is 4.28. The van der Waals surface area contributed by atoms with Gasteiger partial charge in [-0.05, 0) is 26.2 Å². The third-order valence-electron chi connectivity index (χ3n) is 5.99. The lowest BCUT2D eigenvalue weighted by molar-refractivity contribution is -0.144. The molecule has 8 heteroatoms. The number of hydrogen-bond donors (Lipinski definition) is 1.